The molecule has 0 amide bonds. The van der Waals surface area contributed by atoms with Crippen LogP contribution in [-0.2, 0) is 4.74 Å². The van der Waals surface area contributed by atoms with Gasteiger partial charge in [-0.2, -0.15) is 5.26 Å². The number of carbonyl (C=O) groups is 1. The standard InChI is InChI=1S/C14H11N7O2/c1-23-14(22)13-12(16)9(6-15)7-20(13)10-2-4-11(5-3-10)21-8-17-18-19-21/h2-5,7-8H,16H2,1H3. The van der Waals surface area contributed by atoms with E-state index in [1.807, 2.05) is 6.07 Å². The van der Waals surface area contributed by atoms with Crippen molar-refractivity contribution in [2.24, 2.45) is 0 Å². The van der Waals surface area contributed by atoms with Crippen LogP contribution < -0.4 is 5.73 Å². The number of nitrogen functional groups attached to an aromatic ring is 1. The molecule has 23 heavy (non-hydrogen) atoms. The molecule has 2 heterocycles. The van der Waals surface area contributed by atoms with Crippen molar-refractivity contribution in [3.63, 3.8) is 0 Å². The van der Waals surface area contributed by atoms with Gasteiger partial charge in [-0.3, -0.25) is 0 Å². The maximum Gasteiger partial charge on any atom is 0.357 e. The number of carbonyl (C=O) groups excluding carboxylic acids is 1. The van der Waals surface area contributed by atoms with Crippen molar-refractivity contribution in [3.8, 4) is 17.4 Å². The Morgan fingerprint density at radius 1 is 1.30 bits per heavy atom. The van der Waals surface area contributed by atoms with Gasteiger partial charge in [-0.05, 0) is 34.7 Å². The summed E-state index contributed by atoms with van der Waals surface area (Å²) in [5.74, 6) is -0.617. The number of hydrogen-bond acceptors (Lipinski definition) is 7. The van der Waals surface area contributed by atoms with Crippen molar-refractivity contribution >= 4 is 11.7 Å². The molecule has 9 nitrogen and oxygen atoms in total. The first-order chi connectivity index (χ1) is 11.2. The normalized spacial score (nSPS) is 10.3. The molecular weight excluding hydrogens is 298 g/mol. The van der Waals surface area contributed by atoms with Crippen molar-refractivity contribution in [1.29, 1.82) is 5.26 Å². The molecule has 0 aliphatic heterocycles. The second-order valence-corrected chi connectivity index (χ2v) is 4.55. The van der Waals surface area contributed by atoms with Crippen molar-refractivity contribution < 1.29 is 9.53 Å². The van der Waals surface area contributed by atoms with Crippen molar-refractivity contribution in [2.45, 2.75) is 0 Å². The number of aromatic nitrogens is 5. The third-order valence-electron chi connectivity index (χ3n) is 3.29. The van der Waals surface area contributed by atoms with Gasteiger partial charge in [-0.1, -0.05) is 0 Å². The number of anilines is 1. The zero-order chi connectivity index (χ0) is 16.4. The second kappa shape index (κ2) is 5.61. The molecule has 2 N–H and O–H groups in total. The number of nitrogens with two attached hydrogens (primary N) is 1. The van der Waals surface area contributed by atoms with Crippen molar-refractivity contribution in [3.05, 3.63) is 48.0 Å². The van der Waals surface area contributed by atoms with Crippen LogP contribution in [0.4, 0.5) is 5.69 Å². The van der Waals surface area contributed by atoms with Crippen molar-refractivity contribution in [1.82, 2.24) is 24.8 Å². The summed E-state index contributed by atoms with van der Waals surface area (Å²) >= 11 is 0. The molecule has 0 unspecified atom stereocenters. The first-order valence-corrected chi connectivity index (χ1v) is 6.48. The summed E-state index contributed by atoms with van der Waals surface area (Å²) in [6.07, 6.45) is 2.96. The lowest BCUT2D eigenvalue weighted by atomic mass is 10.2. The predicted molar refractivity (Wildman–Crippen MR) is 78.9 cm³/mol. The number of rotatable bonds is 3. The van der Waals surface area contributed by atoms with E-state index >= 15 is 0 Å². The van der Waals surface area contributed by atoms with Gasteiger partial charge in [0.25, 0.3) is 0 Å². The fourth-order valence-electron chi connectivity index (χ4n) is 2.16. The minimum Gasteiger partial charge on any atom is -0.464 e. The van der Waals surface area contributed by atoms with Gasteiger partial charge in [0.1, 0.15) is 12.4 Å². The van der Waals surface area contributed by atoms with Crippen LogP contribution in [0.3, 0.4) is 0 Å². The van der Waals surface area contributed by atoms with Crippen LogP contribution in [0.25, 0.3) is 11.4 Å². The average molecular weight is 309 g/mol. The maximum absolute atomic E-state index is 11.9. The smallest absolute Gasteiger partial charge is 0.357 e. The van der Waals surface area contributed by atoms with Crippen LogP contribution in [0.1, 0.15) is 16.1 Å². The molecule has 2 aromatic heterocycles. The number of ether oxygens (including phenoxy) is 1. The third kappa shape index (κ3) is 2.38. The number of nitrogens with zero attached hydrogens (tertiary/aromatic N) is 6. The van der Waals surface area contributed by atoms with Crippen LogP contribution in [-0.4, -0.2) is 37.9 Å². The zero-order valence-corrected chi connectivity index (χ0v) is 12.0. The fourth-order valence-corrected chi connectivity index (χ4v) is 2.16. The topological polar surface area (TPSA) is 125 Å². The van der Waals surface area contributed by atoms with E-state index in [0.717, 1.165) is 5.69 Å². The molecule has 0 aliphatic carbocycles. The largest absolute Gasteiger partial charge is 0.464 e. The van der Waals surface area contributed by atoms with E-state index in [2.05, 4.69) is 15.5 Å². The minimum atomic E-state index is -0.617. The summed E-state index contributed by atoms with van der Waals surface area (Å²) < 4.78 is 7.75. The number of benzene rings is 1. The lowest BCUT2D eigenvalue weighted by molar-refractivity contribution is 0.0593. The first kappa shape index (κ1) is 14.3. The van der Waals surface area contributed by atoms with Gasteiger partial charge in [0, 0.05) is 11.9 Å². The summed E-state index contributed by atoms with van der Waals surface area (Å²) in [6, 6.07) is 9.01. The van der Waals surface area contributed by atoms with Gasteiger partial charge >= 0.3 is 5.97 Å². The quantitative estimate of drug-likeness (QED) is 0.706. The van der Waals surface area contributed by atoms with Gasteiger partial charge in [-0.15, -0.1) is 5.10 Å². The Morgan fingerprint density at radius 3 is 2.57 bits per heavy atom. The molecular formula is C14H11N7O2. The lowest BCUT2D eigenvalue weighted by Gasteiger charge is -2.09. The first-order valence-electron chi connectivity index (χ1n) is 6.48. The Morgan fingerprint density at radius 2 is 2.00 bits per heavy atom. The van der Waals surface area contributed by atoms with Crippen LogP contribution in [0.15, 0.2) is 36.8 Å². The number of esters is 1. The van der Waals surface area contributed by atoms with E-state index in [1.165, 1.54) is 28.9 Å². The second-order valence-electron chi connectivity index (χ2n) is 4.55. The van der Waals surface area contributed by atoms with E-state index in [4.69, 9.17) is 15.7 Å². The highest BCUT2D eigenvalue weighted by Gasteiger charge is 2.21. The molecule has 0 radical (unpaired) electrons. The summed E-state index contributed by atoms with van der Waals surface area (Å²) in [6.45, 7) is 0. The van der Waals surface area contributed by atoms with Gasteiger partial charge in [0.2, 0.25) is 0 Å². The zero-order valence-electron chi connectivity index (χ0n) is 12.0. The highest BCUT2D eigenvalue weighted by atomic mass is 16.5. The van der Waals surface area contributed by atoms with E-state index < -0.39 is 5.97 Å². The monoisotopic (exact) mass is 309 g/mol. The fraction of sp³-hybridized carbons (Fsp3) is 0.0714. The van der Waals surface area contributed by atoms with Gasteiger partial charge < -0.3 is 15.0 Å². The predicted octanol–water partition coefficient (Wildman–Crippen LogP) is 0.693. The Balaban J connectivity index is 2.08. The number of nitriles is 1. The van der Waals surface area contributed by atoms with E-state index in [9.17, 15) is 4.79 Å². The number of hydrogen-bond donors (Lipinski definition) is 1. The third-order valence-corrected chi connectivity index (χ3v) is 3.29. The highest BCUT2D eigenvalue weighted by Crippen LogP contribution is 2.25. The summed E-state index contributed by atoms with van der Waals surface area (Å²) in [5, 5.41) is 20.0. The summed E-state index contributed by atoms with van der Waals surface area (Å²) in [4.78, 5) is 11.9. The van der Waals surface area contributed by atoms with Gasteiger partial charge in [-0.25, -0.2) is 9.48 Å². The van der Waals surface area contributed by atoms with Crippen molar-refractivity contribution in [2.75, 3.05) is 12.8 Å². The molecule has 3 aromatic rings. The summed E-state index contributed by atoms with van der Waals surface area (Å²) in [5.41, 5.74) is 7.66. The number of methoxy groups -OCH3 is 1. The Hall–Kier alpha value is -3.67. The molecule has 9 heteroatoms. The van der Waals surface area contributed by atoms with Crippen LogP contribution >= 0.6 is 0 Å². The Labute approximate surface area is 130 Å². The molecule has 0 aliphatic rings. The Kier molecular flexibility index (Phi) is 3.48. The lowest BCUT2D eigenvalue weighted by Crippen LogP contribution is -2.11. The molecule has 114 valence electrons. The molecule has 0 bridgehead atoms. The SMILES string of the molecule is COC(=O)c1c(N)c(C#N)cn1-c1ccc(-n2cnnn2)cc1. The molecule has 0 fully saturated rings. The number of tetrazole rings is 1. The molecule has 0 saturated heterocycles. The molecule has 0 saturated carbocycles. The molecule has 0 atom stereocenters. The van der Waals surface area contributed by atoms with E-state index in [0.29, 0.717) is 5.69 Å². The van der Waals surface area contributed by atoms with Crippen LogP contribution in [0.5, 0.6) is 0 Å². The van der Waals surface area contributed by atoms with E-state index in [-0.39, 0.29) is 16.9 Å². The Bertz CT molecular complexity index is 889. The van der Waals surface area contributed by atoms with Gasteiger partial charge in [0.15, 0.2) is 5.69 Å². The van der Waals surface area contributed by atoms with E-state index in [1.54, 1.807) is 24.3 Å². The maximum atomic E-state index is 11.9. The average Bonchev–Trinajstić information content (AvgIpc) is 3.22. The molecule has 0 spiro atoms. The minimum absolute atomic E-state index is 0.0869. The summed E-state index contributed by atoms with van der Waals surface area (Å²) in [7, 11) is 1.26. The van der Waals surface area contributed by atoms with Gasteiger partial charge in [0.05, 0.1) is 24.0 Å². The molecule has 3 rings (SSSR count). The van der Waals surface area contributed by atoms with Crippen LogP contribution in [0, 0.1) is 11.3 Å². The van der Waals surface area contributed by atoms with Crippen LogP contribution in [0.2, 0.25) is 0 Å². The highest BCUT2D eigenvalue weighted by molar-refractivity contribution is 5.95. The molecule has 1 aromatic carbocycles.